The third kappa shape index (κ3) is 5.47. The molecule has 3 aromatic heterocycles. The number of benzene rings is 1. The van der Waals surface area contributed by atoms with Crippen molar-refractivity contribution in [2.24, 2.45) is 11.8 Å². The Morgan fingerprint density at radius 3 is 2.60 bits per heavy atom. The fourth-order valence-corrected chi connectivity index (χ4v) is 4.73. The maximum Gasteiger partial charge on any atom is 0.165 e. The molecule has 7 nitrogen and oxygen atoms in total. The predicted molar refractivity (Wildman–Crippen MR) is 136 cm³/mol. The van der Waals surface area contributed by atoms with Crippen molar-refractivity contribution >= 4 is 16.9 Å². The Bertz CT molecular complexity index is 1300. The first-order valence-corrected chi connectivity index (χ1v) is 12.2. The van der Waals surface area contributed by atoms with E-state index in [1.54, 1.807) is 12.4 Å². The van der Waals surface area contributed by atoms with Gasteiger partial charge in [-0.05, 0) is 54.8 Å². The number of ketones is 1. The van der Waals surface area contributed by atoms with Gasteiger partial charge in [0.2, 0.25) is 0 Å². The van der Waals surface area contributed by atoms with Gasteiger partial charge >= 0.3 is 0 Å². The molecule has 2 atom stereocenters. The molecular formula is C28H31N5O2. The number of nitrogens with one attached hydrogen (secondary N) is 1. The van der Waals surface area contributed by atoms with Crippen molar-refractivity contribution in [3.8, 4) is 16.9 Å². The summed E-state index contributed by atoms with van der Waals surface area (Å²) in [6, 6.07) is 16.4. The van der Waals surface area contributed by atoms with Gasteiger partial charge in [-0.1, -0.05) is 19.1 Å². The third-order valence-corrected chi connectivity index (χ3v) is 6.45. The lowest BCUT2D eigenvalue weighted by atomic mass is 9.95. The molecule has 1 fully saturated rings. The molecule has 0 spiro atoms. The summed E-state index contributed by atoms with van der Waals surface area (Å²) in [5.41, 5.74) is 5.85. The number of fused-ring (bicyclic) bond motifs is 1. The van der Waals surface area contributed by atoms with Gasteiger partial charge in [0.05, 0.1) is 12.3 Å². The molecular weight excluding hydrogens is 438 g/mol. The second kappa shape index (κ2) is 10.5. The van der Waals surface area contributed by atoms with E-state index >= 15 is 0 Å². The summed E-state index contributed by atoms with van der Waals surface area (Å²) >= 11 is 0. The number of nitrogens with zero attached hydrogens (tertiary/aromatic N) is 4. The van der Waals surface area contributed by atoms with Crippen LogP contribution in [0.15, 0.2) is 60.9 Å². The minimum absolute atomic E-state index is 0.231. The fraction of sp³-hybridized carbons (Fsp3) is 0.357. The molecule has 0 aliphatic carbocycles. The zero-order valence-corrected chi connectivity index (χ0v) is 20.3. The molecule has 1 aliphatic rings. The first kappa shape index (κ1) is 23.3. The summed E-state index contributed by atoms with van der Waals surface area (Å²) in [7, 11) is 0. The maximum atomic E-state index is 12.2. The van der Waals surface area contributed by atoms with E-state index in [0.717, 1.165) is 47.0 Å². The molecule has 0 bridgehead atoms. The number of pyridine rings is 2. The summed E-state index contributed by atoms with van der Waals surface area (Å²) in [6.45, 7) is 6.91. The van der Waals surface area contributed by atoms with E-state index in [1.807, 2.05) is 31.2 Å². The van der Waals surface area contributed by atoms with Crippen molar-refractivity contribution in [3.05, 3.63) is 72.3 Å². The van der Waals surface area contributed by atoms with Crippen LogP contribution < -0.4 is 5.32 Å². The molecule has 1 aliphatic heterocycles. The van der Waals surface area contributed by atoms with Crippen LogP contribution >= 0.6 is 0 Å². The second-order valence-electron chi connectivity index (χ2n) is 9.52. The van der Waals surface area contributed by atoms with Crippen LogP contribution in [0.2, 0.25) is 0 Å². The fourth-order valence-electron chi connectivity index (χ4n) is 4.73. The first-order chi connectivity index (χ1) is 17.1. The molecule has 1 aromatic carbocycles. The predicted octanol–water partition coefficient (Wildman–Crippen LogP) is 4.51. The third-order valence-electron chi connectivity index (χ3n) is 6.45. The zero-order valence-electron chi connectivity index (χ0n) is 20.3. The number of imidazole rings is 1. The number of carbonyl (C=O) groups is 1. The summed E-state index contributed by atoms with van der Waals surface area (Å²) in [4.78, 5) is 25.9. The van der Waals surface area contributed by atoms with Gasteiger partial charge in [-0.25, -0.2) is 9.97 Å². The lowest BCUT2D eigenvalue weighted by Crippen LogP contribution is -2.31. The van der Waals surface area contributed by atoms with E-state index < -0.39 is 0 Å². The minimum atomic E-state index is 0.231. The number of hydrogen-bond donors (Lipinski definition) is 1. The highest BCUT2D eigenvalue weighted by molar-refractivity contribution is 5.79. The molecule has 1 saturated heterocycles. The van der Waals surface area contributed by atoms with E-state index in [-0.39, 0.29) is 5.92 Å². The highest BCUT2D eigenvalue weighted by Crippen LogP contribution is 2.24. The number of Topliss-reactive ketones (excluding diaryl/α,β-unsaturated/α-hetero) is 1. The Kier molecular flexibility index (Phi) is 6.97. The van der Waals surface area contributed by atoms with Gasteiger partial charge in [0.15, 0.2) is 5.65 Å². The Hall–Kier alpha value is -3.42. The molecule has 2 unspecified atom stereocenters. The van der Waals surface area contributed by atoms with Crippen LogP contribution in [0.25, 0.3) is 28.1 Å². The molecule has 0 amide bonds. The van der Waals surface area contributed by atoms with Crippen molar-refractivity contribution in [1.29, 1.82) is 0 Å². The van der Waals surface area contributed by atoms with E-state index in [0.29, 0.717) is 37.8 Å². The van der Waals surface area contributed by atoms with Gasteiger partial charge in [-0.15, -0.1) is 0 Å². The van der Waals surface area contributed by atoms with Gasteiger partial charge in [0, 0.05) is 62.1 Å². The Labute approximate surface area is 205 Å². The summed E-state index contributed by atoms with van der Waals surface area (Å²) in [5.74, 6) is 1.80. The van der Waals surface area contributed by atoms with Crippen LogP contribution in [0.1, 0.15) is 31.2 Å². The van der Waals surface area contributed by atoms with Crippen LogP contribution in [-0.2, 0) is 16.1 Å². The van der Waals surface area contributed by atoms with Crippen LogP contribution in [0, 0.1) is 18.8 Å². The van der Waals surface area contributed by atoms with Crippen molar-refractivity contribution in [1.82, 2.24) is 24.8 Å². The van der Waals surface area contributed by atoms with Crippen molar-refractivity contribution in [2.45, 2.75) is 33.2 Å². The van der Waals surface area contributed by atoms with Crippen molar-refractivity contribution in [2.75, 3.05) is 19.8 Å². The molecule has 0 saturated carbocycles. The van der Waals surface area contributed by atoms with E-state index in [2.05, 4.69) is 46.1 Å². The Morgan fingerprint density at radius 1 is 1.00 bits per heavy atom. The Balaban J connectivity index is 1.27. The number of aromatic nitrogens is 4. The minimum Gasteiger partial charge on any atom is -0.381 e. The van der Waals surface area contributed by atoms with Gasteiger partial charge < -0.3 is 10.1 Å². The van der Waals surface area contributed by atoms with Crippen molar-refractivity contribution in [3.63, 3.8) is 0 Å². The van der Waals surface area contributed by atoms with E-state index in [9.17, 15) is 4.79 Å². The van der Waals surface area contributed by atoms with Gasteiger partial charge in [0.25, 0.3) is 0 Å². The van der Waals surface area contributed by atoms with E-state index in [1.165, 1.54) is 5.56 Å². The largest absolute Gasteiger partial charge is 0.381 e. The number of rotatable bonds is 6. The standard InChI is InChI=1S/C28H31N5O2/c1-19-13-25(34)14-22(18-35-17-19)16-30-15-21-3-5-24(6-4-21)33-20(2)31-27-8-7-26(32-28(27)33)23-9-11-29-12-10-23/h3-12,19,22,30H,13-18H2,1-2H3. The summed E-state index contributed by atoms with van der Waals surface area (Å²) in [6.07, 6.45) is 4.77. The average molecular weight is 470 g/mol. The topological polar surface area (TPSA) is 81.9 Å². The van der Waals surface area contributed by atoms with Gasteiger partial charge in [0.1, 0.15) is 17.1 Å². The number of aryl methyl sites for hydroxylation is 1. The highest BCUT2D eigenvalue weighted by Gasteiger charge is 2.20. The Morgan fingerprint density at radius 2 is 1.80 bits per heavy atom. The normalized spacial score (nSPS) is 19.0. The lowest BCUT2D eigenvalue weighted by molar-refractivity contribution is -0.123. The molecule has 7 heteroatoms. The van der Waals surface area contributed by atoms with Crippen LogP contribution in [0.3, 0.4) is 0 Å². The highest BCUT2D eigenvalue weighted by atomic mass is 16.5. The molecule has 4 heterocycles. The lowest BCUT2D eigenvalue weighted by Gasteiger charge is -2.22. The SMILES string of the molecule is Cc1nc2ccc(-c3ccncc3)nc2n1-c1ccc(CNCC2COCC(C)CC(=O)C2)cc1. The van der Waals surface area contributed by atoms with E-state index in [4.69, 9.17) is 14.7 Å². The monoisotopic (exact) mass is 469 g/mol. The van der Waals surface area contributed by atoms with Crippen LogP contribution in [0.5, 0.6) is 0 Å². The van der Waals surface area contributed by atoms with Crippen LogP contribution in [-0.4, -0.2) is 45.1 Å². The van der Waals surface area contributed by atoms with Gasteiger partial charge in [-0.3, -0.25) is 14.3 Å². The second-order valence-corrected chi connectivity index (χ2v) is 9.52. The number of hydrogen-bond acceptors (Lipinski definition) is 6. The molecule has 0 radical (unpaired) electrons. The van der Waals surface area contributed by atoms with Crippen LogP contribution in [0.4, 0.5) is 0 Å². The summed E-state index contributed by atoms with van der Waals surface area (Å²) < 4.78 is 7.87. The first-order valence-electron chi connectivity index (χ1n) is 12.2. The summed E-state index contributed by atoms with van der Waals surface area (Å²) in [5, 5.41) is 3.50. The van der Waals surface area contributed by atoms with Crippen molar-refractivity contribution < 1.29 is 9.53 Å². The zero-order chi connectivity index (χ0) is 24.2. The molecule has 5 rings (SSSR count). The smallest absolute Gasteiger partial charge is 0.165 e. The maximum absolute atomic E-state index is 12.2. The average Bonchev–Trinajstić information content (AvgIpc) is 3.18. The molecule has 180 valence electrons. The molecule has 35 heavy (non-hydrogen) atoms. The molecule has 1 N–H and O–H groups in total. The van der Waals surface area contributed by atoms with Gasteiger partial charge in [-0.2, -0.15) is 0 Å². The number of ether oxygens (including phenoxy) is 1. The quantitative estimate of drug-likeness (QED) is 0.447. The molecule has 4 aromatic rings. The number of carbonyl (C=O) groups excluding carboxylic acids is 1.